The van der Waals surface area contributed by atoms with E-state index in [4.69, 9.17) is 0 Å². The van der Waals surface area contributed by atoms with Crippen LogP contribution >= 0.6 is 33.9 Å². The quantitative estimate of drug-likeness (QED) is 0.852. The molecule has 1 heterocycles. The maximum absolute atomic E-state index is 4.41. The zero-order valence-electron chi connectivity index (χ0n) is 9.25. The zero-order chi connectivity index (χ0) is 11.5. The second kappa shape index (κ2) is 5.14. The lowest BCUT2D eigenvalue weighted by Gasteiger charge is -2.05. The summed E-state index contributed by atoms with van der Waals surface area (Å²) >= 11 is 4.07. The van der Waals surface area contributed by atoms with E-state index in [1.54, 1.807) is 11.3 Å². The van der Waals surface area contributed by atoms with Crippen molar-refractivity contribution in [3.8, 4) is 0 Å². The summed E-state index contributed by atoms with van der Waals surface area (Å²) in [6.45, 7) is 4.97. The van der Waals surface area contributed by atoms with Crippen LogP contribution in [0, 0.1) is 17.4 Å². The van der Waals surface area contributed by atoms with Crippen molar-refractivity contribution in [3.05, 3.63) is 43.4 Å². The number of rotatable bonds is 3. The molecule has 0 amide bonds. The molecule has 2 nitrogen and oxygen atoms in total. The molecule has 0 aliphatic carbocycles. The Hall–Kier alpha value is -0.620. The van der Waals surface area contributed by atoms with Gasteiger partial charge in [-0.15, -0.1) is 11.3 Å². The van der Waals surface area contributed by atoms with Gasteiger partial charge in [-0.2, -0.15) is 0 Å². The van der Waals surface area contributed by atoms with E-state index in [-0.39, 0.29) is 0 Å². The molecule has 0 unspecified atom stereocenters. The lowest BCUT2D eigenvalue weighted by molar-refractivity contribution is 1.11. The van der Waals surface area contributed by atoms with Crippen LogP contribution < -0.4 is 5.32 Å². The molecule has 16 heavy (non-hydrogen) atoms. The van der Waals surface area contributed by atoms with Gasteiger partial charge in [0.25, 0.3) is 0 Å². The molecule has 1 aromatic carbocycles. The van der Waals surface area contributed by atoms with Crippen LogP contribution in [0.25, 0.3) is 0 Å². The molecular formula is C12H13IN2S. The van der Waals surface area contributed by atoms with E-state index in [0.717, 1.165) is 22.9 Å². The van der Waals surface area contributed by atoms with E-state index < -0.39 is 0 Å². The Morgan fingerprint density at radius 1 is 1.25 bits per heavy atom. The lowest BCUT2D eigenvalue weighted by Crippen LogP contribution is -1.98. The van der Waals surface area contributed by atoms with Crippen molar-refractivity contribution in [1.29, 1.82) is 0 Å². The maximum Gasteiger partial charge on any atom is 0.0900 e. The van der Waals surface area contributed by atoms with Crippen LogP contribution in [0.2, 0.25) is 0 Å². The van der Waals surface area contributed by atoms with Gasteiger partial charge in [-0.3, -0.25) is 0 Å². The van der Waals surface area contributed by atoms with Gasteiger partial charge >= 0.3 is 0 Å². The summed E-state index contributed by atoms with van der Waals surface area (Å²) in [4.78, 5) is 5.73. The van der Waals surface area contributed by atoms with Crippen LogP contribution in [0.3, 0.4) is 0 Å². The van der Waals surface area contributed by atoms with E-state index in [1.807, 2.05) is 6.92 Å². The van der Waals surface area contributed by atoms with E-state index in [2.05, 4.69) is 64.1 Å². The maximum atomic E-state index is 4.41. The molecule has 0 radical (unpaired) electrons. The van der Waals surface area contributed by atoms with Gasteiger partial charge in [-0.05, 0) is 60.7 Å². The number of thiazole rings is 1. The molecular weight excluding hydrogens is 331 g/mol. The number of hydrogen-bond acceptors (Lipinski definition) is 3. The summed E-state index contributed by atoms with van der Waals surface area (Å²) in [5, 5.41) is 4.55. The van der Waals surface area contributed by atoms with Crippen LogP contribution in [-0.4, -0.2) is 4.98 Å². The Morgan fingerprint density at radius 3 is 2.50 bits per heavy atom. The summed E-state index contributed by atoms with van der Waals surface area (Å²) < 4.78 is 1.26. The van der Waals surface area contributed by atoms with Crippen molar-refractivity contribution in [2.75, 3.05) is 5.32 Å². The van der Waals surface area contributed by atoms with Crippen LogP contribution in [0.5, 0.6) is 0 Å². The van der Waals surface area contributed by atoms with Gasteiger partial charge in [-0.1, -0.05) is 0 Å². The second-order valence-electron chi connectivity index (χ2n) is 3.60. The SMILES string of the molecule is Cc1nc(C)c(CNc2ccc(I)cc2)s1. The normalized spacial score (nSPS) is 10.4. The molecule has 0 saturated heterocycles. The van der Waals surface area contributed by atoms with Crippen LogP contribution in [0.1, 0.15) is 15.6 Å². The number of nitrogens with one attached hydrogen (secondary N) is 1. The Bertz CT molecular complexity index is 476. The third-order valence-electron chi connectivity index (χ3n) is 2.30. The molecule has 0 atom stereocenters. The summed E-state index contributed by atoms with van der Waals surface area (Å²) in [5.41, 5.74) is 2.30. The third-order valence-corrected chi connectivity index (χ3v) is 4.09. The minimum atomic E-state index is 0.859. The van der Waals surface area contributed by atoms with E-state index in [0.29, 0.717) is 0 Å². The van der Waals surface area contributed by atoms with Crippen LogP contribution in [0.4, 0.5) is 5.69 Å². The molecule has 0 saturated carbocycles. The Balaban J connectivity index is 2.02. The first-order valence-electron chi connectivity index (χ1n) is 5.07. The largest absolute Gasteiger partial charge is 0.380 e. The summed E-state index contributed by atoms with van der Waals surface area (Å²) in [7, 11) is 0. The lowest BCUT2D eigenvalue weighted by atomic mass is 10.3. The summed E-state index contributed by atoms with van der Waals surface area (Å²) in [6, 6.07) is 8.41. The Kier molecular flexibility index (Phi) is 3.81. The minimum Gasteiger partial charge on any atom is -0.380 e. The highest BCUT2D eigenvalue weighted by Crippen LogP contribution is 2.19. The van der Waals surface area contributed by atoms with Gasteiger partial charge in [0, 0.05) is 14.1 Å². The first-order valence-corrected chi connectivity index (χ1v) is 6.97. The van der Waals surface area contributed by atoms with Gasteiger partial charge in [0.2, 0.25) is 0 Å². The highest BCUT2D eigenvalue weighted by Gasteiger charge is 2.03. The van der Waals surface area contributed by atoms with Crippen molar-refractivity contribution in [2.45, 2.75) is 20.4 Å². The molecule has 0 aliphatic rings. The first-order chi connectivity index (χ1) is 7.65. The van der Waals surface area contributed by atoms with Crippen molar-refractivity contribution in [1.82, 2.24) is 4.98 Å². The van der Waals surface area contributed by atoms with E-state index in [1.165, 1.54) is 8.45 Å². The fourth-order valence-corrected chi connectivity index (χ4v) is 2.72. The number of nitrogens with zero attached hydrogens (tertiary/aromatic N) is 1. The standard InChI is InChI=1S/C12H13IN2S/c1-8-12(16-9(2)15-8)7-14-11-5-3-10(13)4-6-11/h3-6,14H,7H2,1-2H3. The molecule has 0 fully saturated rings. The molecule has 0 spiro atoms. The monoisotopic (exact) mass is 344 g/mol. The number of aromatic nitrogens is 1. The fourth-order valence-electron chi connectivity index (χ4n) is 1.49. The van der Waals surface area contributed by atoms with E-state index in [9.17, 15) is 0 Å². The predicted molar refractivity (Wildman–Crippen MR) is 78.1 cm³/mol. The van der Waals surface area contributed by atoms with Gasteiger partial charge in [-0.25, -0.2) is 4.98 Å². The van der Waals surface area contributed by atoms with Crippen molar-refractivity contribution in [3.63, 3.8) is 0 Å². The highest BCUT2D eigenvalue weighted by atomic mass is 127. The molecule has 2 rings (SSSR count). The minimum absolute atomic E-state index is 0.859. The molecule has 2 aromatic rings. The summed E-state index contributed by atoms with van der Waals surface area (Å²) in [6.07, 6.45) is 0. The van der Waals surface area contributed by atoms with Crippen LogP contribution in [-0.2, 0) is 6.54 Å². The first kappa shape index (κ1) is 11.9. The van der Waals surface area contributed by atoms with Gasteiger partial charge in [0.1, 0.15) is 0 Å². The molecule has 0 aliphatic heterocycles. The molecule has 1 N–H and O–H groups in total. The highest BCUT2D eigenvalue weighted by molar-refractivity contribution is 14.1. The van der Waals surface area contributed by atoms with Crippen molar-refractivity contribution in [2.24, 2.45) is 0 Å². The topological polar surface area (TPSA) is 24.9 Å². The summed E-state index contributed by atoms with van der Waals surface area (Å²) in [5.74, 6) is 0. The number of benzene rings is 1. The number of anilines is 1. The fraction of sp³-hybridized carbons (Fsp3) is 0.250. The third kappa shape index (κ3) is 2.95. The second-order valence-corrected chi connectivity index (χ2v) is 6.14. The Labute approximate surface area is 113 Å². The Morgan fingerprint density at radius 2 is 1.94 bits per heavy atom. The molecule has 84 valence electrons. The van der Waals surface area contributed by atoms with Crippen molar-refractivity contribution < 1.29 is 0 Å². The number of aryl methyl sites for hydroxylation is 2. The van der Waals surface area contributed by atoms with Gasteiger partial charge < -0.3 is 5.32 Å². The number of hydrogen-bond donors (Lipinski definition) is 1. The number of halogens is 1. The average Bonchev–Trinajstić information content (AvgIpc) is 2.57. The zero-order valence-corrected chi connectivity index (χ0v) is 12.2. The van der Waals surface area contributed by atoms with E-state index >= 15 is 0 Å². The predicted octanol–water partition coefficient (Wildman–Crippen LogP) is 3.98. The van der Waals surface area contributed by atoms with Gasteiger partial charge in [0.15, 0.2) is 0 Å². The molecule has 1 aromatic heterocycles. The van der Waals surface area contributed by atoms with Crippen LogP contribution in [0.15, 0.2) is 24.3 Å². The molecule has 4 heteroatoms. The average molecular weight is 344 g/mol. The smallest absolute Gasteiger partial charge is 0.0900 e. The van der Waals surface area contributed by atoms with Crippen molar-refractivity contribution >= 4 is 39.6 Å². The molecule has 0 bridgehead atoms. The van der Waals surface area contributed by atoms with Gasteiger partial charge in [0.05, 0.1) is 17.2 Å².